The van der Waals surface area contributed by atoms with Gasteiger partial charge in [-0.3, -0.25) is 13.9 Å². The monoisotopic (exact) mass is 585 g/mol. The Labute approximate surface area is 241 Å². The number of anilines is 1. The third-order valence-electron chi connectivity index (χ3n) is 6.43. The van der Waals surface area contributed by atoms with E-state index in [1.54, 1.807) is 69.5 Å². The van der Waals surface area contributed by atoms with Gasteiger partial charge in [0.05, 0.1) is 17.7 Å². The highest BCUT2D eigenvalue weighted by atomic mass is 35.5. The SMILES string of the molecule is COc1ccc(CN(C(=O)CN(c2ccccc2C)S(=O)(=O)c2ccc(Cl)cc2)[C@H](C)C(=O)NCC(C)C)cc1. The summed E-state index contributed by atoms with van der Waals surface area (Å²) in [5.41, 5.74) is 1.81. The smallest absolute Gasteiger partial charge is 0.264 e. The molecule has 1 N–H and O–H groups in total. The van der Waals surface area contributed by atoms with Crippen LogP contribution in [0.5, 0.6) is 5.75 Å². The first-order valence-electron chi connectivity index (χ1n) is 13.0. The Morgan fingerprint density at radius 2 is 1.57 bits per heavy atom. The molecule has 0 unspecified atom stereocenters. The van der Waals surface area contributed by atoms with Crippen LogP contribution in [0.15, 0.2) is 77.7 Å². The zero-order chi connectivity index (χ0) is 29.4. The van der Waals surface area contributed by atoms with Crippen LogP contribution in [0.2, 0.25) is 5.02 Å². The van der Waals surface area contributed by atoms with Crippen molar-refractivity contribution in [2.75, 3.05) is 24.5 Å². The molecule has 0 heterocycles. The zero-order valence-electron chi connectivity index (χ0n) is 23.4. The van der Waals surface area contributed by atoms with Crippen LogP contribution < -0.4 is 14.4 Å². The summed E-state index contributed by atoms with van der Waals surface area (Å²) in [6.07, 6.45) is 0. The zero-order valence-corrected chi connectivity index (χ0v) is 25.0. The highest BCUT2D eigenvalue weighted by Gasteiger charge is 2.33. The van der Waals surface area contributed by atoms with Gasteiger partial charge in [-0.25, -0.2) is 8.42 Å². The molecule has 2 amide bonds. The van der Waals surface area contributed by atoms with E-state index < -0.39 is 28.5 Å². The van der Waals surface area contributed by atoms with Crippen LogP contribution in [0, 0.1) is 12.8 Å². The fourth-order valence-corrected chi connectivity index (χ4v) is 5.66. The molecule has 3 rings (SSSR count). The van der Waals surface area contributed by atoms with Gasteiger partial charge in [0.25, 0.3) is 10.0 Å². The molecule has 0 aromatic heterocycles. The first-order valence-corrected chi connectivity index (χ1v) is 14.8. The summed E-state index contributed by atoms with van der Waals surface area (Å²) in [6.45, 7) is 7.42. The Morgan fingerprint density at radius 1 is 0.950 bits per heavy atom. The topological polar surface area (TPSA) is 96.0 Å². The van der Waals surface area contributed by atoms with E-state index in [0.29, 0.717) is 28.6 Å². The Bertz CT molecular complexity index is 1410. The van der Waals surface area contributed by atoms with Crippen molar-refractivity contribution in [1.29, 1.82) is 0 Å². The van der Waals surface area contributed by atoms with E-state index in [1.165, 1.54) is 29.2 Å². The van der Waals surface area contributed by atoms with Gasteiger partial charge in [-0.05, 0) is 73.4 Å². The van der Waals surface area contributed by atoms with Crippen LogP contribution in [0.3, 0.4) is 0 Å². The molecule has 0 spiro atoms. The van der Waals surface area contributed by atoms with E-state index in [0.717, 1.165) is 9.87 Å². The third kappa shape index (κ3) is 7.76. The van der Waals surface area contributed by atoms with E-state index in [4.69, 9.17) is 16.3 Å². The summed E-state index contributed by atoms with van der Waals surface area (Å²) in [7, 11) is -2.60. The lowest BCUT2D eigenvalue weighted by atomic mass is 10.1. The second-order valence-corrected chi connectivity index (χ2v) is 12.2. The molecule has 0 bridgehead atoms. The first-order chi connectivity index (χ1) is 18.9. The maximum atomic E-state index is 14.0. The number of hydrogen-bond acceptors (Lipinski definition) is 5. The number of aryl methyl sites for hydroxylation is 1. The van der Waals surface area contributed by atoms with E-state index in [-0.39, 0.29) is 23.3 Å². The predicted molar refractivity (Wildman–Crippen MR) is 158 cm³/mol. The molecule has 3 aromatic carbocycles. The maximum Gasteiger partial charge on any atom is 0.264 e. The van der Waals surface area contributed by atoms with Crippen molar-refractivity contribution < 1.29 is 22.7 Å². The molecule has 0 aliphatic heterocycles. The lowest BCUT2D eigenvalue weighted by Gasteiger charge is -2.32. The molecule has 1 atom stereocenters. The summed E-state index contributed by atoms with van der Waals surface area (Å²) < 4.78 is 34.1. The van der Waals surface area contributed by atoms with Crippen LogP contribution in [-0.4, -0.2) is 51.4 Å². The molecular formula is C30H36ClN3O5S. The Kier molecular flexibility index (Phi) is 10.6. The number of carbonyl (C=O) groups excluding carboxylic acids is 2. The van der Waals surface area contributed by atoms with Crippen molar-refractivity contribution in [2.45, 2.75) is 45.2 Å². The molecule has 0 saturated carbocycles. The van der Waals surface area contributed by atoms with E-state index in [9.17, 15) is 18.0 Å². The molecule has 3 aromatic rings. The molecule has 8 nitrogen and oxygen atoms in total. The van der Waals surface area contributed by atoms with Gasteiger partial charge in [-0.2, -0.15) is 0 Å². The van der Waals surface area contributed by atoms with Crippen molar-refractivity contribution in [3.05, 3.63) is 88.9 Å². The second-order valence-electron chi connectivity index (χ2n) is 9.94. The number of ether oxygens (including phenoxy) is 1. The highest BCUT2D eigenvalue weighted by Crippen LogP contribution is 2.28. The minimum atomic E-state index is -4.16. The van der Waals surface area contributed by atoms with Crippen molar-refractivity contribution in [3.63, 3.8) is 0 Å². The predicted octanol–water partition coefficient (Wildman–Crippen LogP) is 5.04. The van der Waals surface area contributed by atoms with Gasteiger partial charge < -0.3 is 15.0 Å². The van der Waals surface area contributed by atoms with Crippen LogP contribution in [0.4, 0.5) is 5.69 Å². The molecule has 0 aliphatic carbocycles. The Balaban J connectivity index is 2.01. The minimum Gasteiger partial charge on any atom is -0.497 e. The maximum absolute atomic E-state index is 14.0. The van der Waals surface area contributed by atoms with Gasteiger partial charge in [0.2, 0.25) is 11.8 Å². The second kappa shape index (κ2) is 13.7. The summed E-state index contributed by atoms with van der Waals surface area (Å²) in [5.74, 6) is 0.0365. The quantitative estimate of drug-likeness (QED) is 0.321. The summed E-state index contributed by atoms with van der Waals surface area (Å²) in [5, 5.41) is 3.27. The van der Waals surface area contributed by atoms with Gasteiger partial charge in [0.15, 0.2) is 0 Å². The normalized spacial score (nSPS) is 12.1. The fourth-order valence-electron chi connectivity index (χ4n) is 4.05. The van der Waals surface area contributed by atoms with E-state index in [1.807, 2.05) is 13.8 Å². The van der Waals surface area contributed by atoms with Crippen molar-refractivity contribution in [3.8, 4) is 5.75 Å². The third-order valence-corrected chi connectivity index (χ3v) is 8.45. The number of para-hydroxylation sites is 1. The molecule has 10 heteroatoms. The van der Waals surface area contributed by atoms with E-state index >= 15 is 0 Å². The number of nitrogens with one attached hydrogen (secondary N) is 1. The molecule has 214 valence electrons. The molecule has 0 saturated heterocycles. The van der Waals surface area contributed by atoms with Crippen LogP contribution in [-0.2, 0) is 26.2 Å². The van der Waals surface area contributed by atoms with Crippen molar-refractivity contribution in [1.82, 2.24) is 10.2 Å². The van der Waals surface area contributed by atoms with Crippen LogP contribution in [0.25, 0.3) is 0 Å². The van der Waals surface area contributed by atoms with Crippen LogP contribution in [0.1, 0.15) is 31.9 Å². The minimum absolute atomic E-state index is 0.00242. The summed E-state index contributed by atoms with van der Waals surface area (Å²) >= 11 is 6.00. The number of halogens is 1. The lowest BCUT2D eigenvalue weighted by molar-refractivity contribution is -0.139. The van der Waals surface area contributed by atoms with Crippen molar-refractivity contribution >= 4 is 39.1 Å². The molecule has 0 fully saturated rings. The number of methoxy groups -OCH3 is 1. The number of amides is 2. The average molecular weight is 586 g/mol. The molecule has 0 aliphatic rings. The Hall–Kier alpha value is -3.56. The summed E-state index contributed by atoms with van der Waals surface area (Å²) in [4.78, 5) is 28.5. The van der Waals surface area contributed by atoms with Gasteiger partial charge >= 0.3 is 0 Å². The molecular weight excluding hydrogens is 550 g/mol. The number of carbonyl (C=O) groups is 2. The van der Waals surface area contributed by atoms with Gasteiger partial charge in [0, 0.05) is 18.1 Å². The standard InChI is InChI=1S/C30H36ClN3O5S/c1-21(2)18-32-30(36)23(4)33(19-24-10-14-26(39-5)15-11-24)29(35)20-34(28-9-7-6-8-22(28)3)40(37,38)27-16-12-25(31)13-17-27/h6-17,21,23H,18-20H2,1-5H3,(H,32,36)/t23-/m1/s1. The number of sulfonamides is 1. The average Bonchev–Trinajstić information content (AvgIpc) is 2.93. The van der Waals surface area contributed by atoms with Gasteiger partial charge in [0.1, 0.15) is 18.3 Å². The highest BCUT2D eigenvalue weighted by molar-refractivity contribution is 7.92. The summed E-state index contributed by atoms with van der Waals surface area (Å²) in [6, 6.07) is 19.0. The lowest BCUT2D eigenvalue weighted by Crippen LogP contribution is -2.51. The fraction of sp³-hybridized carbons (Fsp3) is 0.333. The number of hydrogen-bond donors (Lipinski definition) is 1. The Morgan fingerprint density at radius 3 is 2.15 bits per heavy atom. The van der Waals surface area contributed by atoms with Crippen molar-refractivity contribution in [2.24, 2.45) is 5.92 Å². The van der Waals surface area contributed by atoms with Crippen LogP contribution >= 0.6 is 11.6 Å². The number of nitrogens with zero attached hydrogens (tertiary/aromatic N) is 2. The van der Waals surface area contributed by atoms with Gasteiger partial charge in [-0.1, -0.05) is 55.8 Å². The number of rotatable bonds is 12. The van der Waals surface area contributed by atoms with Gasteiger partial charge in [-0.15, -0.1) is 0 Å². The molecule has 0 radical (unpaired) electrons. The number of benzene rings is 3. The van der Waals surface area contributed by atoms with E-state index in [2.05, 4.69) is 5.32 Å². The largest absolute Gasteiger partial charge is 0.497 e. The molecule has 40 heavy (non-hydrogen) atoms. The first kappa shape index (κ1) is 31.0.